The summed E-state index contributed by atoms with van der Waals surface area (Å²) in [6, 6.07) is 8.51. The molecule has 4 atom stereocenters. The molecule has 9 rings (SSSR count). The molecule has 0 radical (unpaired) electrons. The number of aliphatic hydroxyl groups excluding tert-OH is 4. The van der Waals surface area contributed by atoms with Crippen molar-refractivity contribution in [1.29, 1.82) is 0 Å². The van der Waals surface area contributed by atoms with Gasteiger partial charge in [0.2, 0.25) is 0 Å². The van der Waals surface area contributed by atoms with Crippen LogP contribution in [-0.4, -0.2) is 137 Å². The van der Waals surface area contributed by atoms with Crippen LogP contribution in [0.5, 0.6) is 0 Å². The monoisotopic (exact) mass is 858 g/mol. The zero-order chi connectivity index (χ0) is 44.5. The maximum atomic E-state index is 10.2. The zero-order valence-electron chi connectivity index (χ0n) is 37.0. The zero-order valence-corrected chi connectivity index (χ0v) is 37.0. The fraction of sp³-hybridized carbons (Fsp3) is 0.308. The predicted octanol–water partition coefficient (Wildman–Crippen LogP) is 7.03. The Hall–Kier alpha value is -6.44. The lowest BCUT2D eigenvalue weighted by molar-refractivity contribution is 0.155. The van der Waals surface area contributed by atoms with Gasteiger partial charge in [0.15, 0.2) is 0 Å². The van der Waals surface area contributed by atoms with Gasteiger partial charge < -0.3 is 50.0 Å². The van der Waals surface area contributed by atoms with E-state index in [0.717, 1.165) is 89.4 Å². The van der Waals surface area contributed by atoms with Gasteiger partial charge in [0.05, 0.1) is 47.2 Å². The van der Waals surface area contributed by atoms with E-state index in [1.54, 1.807) is 27.7 Å². The summed E-state index contributed by atoms with van der Waals surface area (Å²) in [5.74, 6) is 0. The third kappa shape index (κ3) is 9.27. The number of fused-ring (bicyclic) bond motifs is 8. The van der Waals surface area contributed by atoms with E-state index in [9.17, 15) is 20.4 Å². The highest BCUT2D eigenvalue weighted by molar-refractivity contribution is 5.99. The van der Waals surface area contributed by atoms with Crippen LogP contribution in [0, 0.1) is 0 Å². The summed E-state index contributed by atoms with van der Waals surface area (Å²) >= 11 is 0. The van der Waals surface area contributed by atoms with Crippen LogP contribution in [0.2, 0.25) is 0 Å². The van der Waals surface area contributed by atoms with Gasteiger partial charge in [-0.1, -0.05) is 24.3 Å². The molecule has 0 aromatic carbocycles. The molecule has 0 aliphatic carbocycles. The Kier molecular flexibility index (Phi) is 12.3. The maximum absolute atomic E-state index is 10.2. The number of rotatable bonds is 12. The highest BCUT2D eigenvalue weighted by Crippen LogP contribution is 2.37. The van der Waals surface area contributed by atoms with Crippen molar-refractivity contribution in [3.8, 4) is 0 Å². The summed E-state index contributed by atoms with van der Waals surface area (Å²) in [6.07, 6.45) is 32.0. The first-order chi connectivity index (χ1) is 30.9. The van der Waals surface area contributed by atoms with E-state index in [2.05, 4.69) is 152 Å². The Morgan fingerprint density at radius 3 is 0.828 bits per heavy atom. The number of H-pyrrole nitrogens is 2. The summed E-state index contributed by atoms with van der Waals surface area (Å²) in [7, 11) is 0. The van der Waals surface area contributed by atoms with Crippen LogP contribution in [0.25, 0.3) is 68.7 Å². The molecule has 0 fully saturated rings. The molecule has 3 aromatic rings. The van der Waals surface area contributed by atoms with Crippen LogP contribution < -0.4 is 0 Å². The number of hydrogen-bond donors (Lipinski definition) is 6. The Morgan fingerprint density at radius 1 is 0.406 bits per heavy atom. The van der Waals surface area contributed by atoms with Crippen LogP contribution >= 0.6 is 0 Å². The van der Waals surface area contributed by atoms with E-state index in [1.807, 2.05) is 0 Å². The standard InChI is InChI=1S/C52H58N8O4/c1-33(61)29-57-21-13-37(14-22-57)49-41-5-7-43(53-41)50(38-15-23-58(24-16-38)30-34(2)62)45-9-11-47(55-45)52(40-19-27-60(28-20-40)32-36(4)64)48-12-10-46(56-48)51(44-8-6-42(49)54-44)39-17-25-59(26-18-39)31-35(3)63/h5-21,23,25,27,33-36,53,56,61-64H,22,24,26,28-32H2,1-4H3. The number of aromatic nitrogens is 4. The molecule has 4 unspecified atom stereocenters. The van der Waals surface area contributed by atoms with Gasteiger partial charge in [0, 0.05) is 121 Å². The van der Waals surface area contributed by atoms with Crippen molar-refractivity contribution in [2.24, 2.45) is 0 Å². The van der Waals surface area contributed by atoms with Crippen molar-refractivity contribution in [3.63, 3.8) is 0 Å². The molecule has 12 heteroatoms. The molecule has 9 heterocycles. The number of allylic oxidation sites excluding steroid dienone is 8. The van der Waals surface area contributed by atoms with Crippen LogP contribution in [0.4, 0.5) is 0 Å². The molecule has 6 aliphatic heterocycles. The first kappa shape index (κ1) is 42.8. The molecule has 330 valence electrons. The lowest BCUT2D eigenvalue weighted by atomic mass is 10.0. The quantitative estimate of drug-likeness (QED) is 0.0772. The van der Waals surface area contributed by atoms with Gasteiger partial charge in [0.1, 0.15) is 0 Å². The van der Waals surface area contributed by atoms with Gasteiger partial charge in [-0.05, 0) is 123 Å². The van der Waals surface area contributed by atoms with Gasteiger partial charge in [-0.15, -0.1) is 0 Å². The van der Waals surface area contributed by atoms with E-state index in [4.69, 9.17) is 9.97 Å². The fourth-order valence-corrected chi connectivity index (χ4v) is 9.18. The number of hydrogen-bond acceptors (Lipinski definition) is 10. The molecule has 0 saturated heterocycles. The molecule has 6 aliphatic rings. The summed E-state index contributed by atoms with van der Waals surface area (Å²) in [5.41, 5.74) is 14.9. The number of aromatic amines is 2. The second-order valence-electron chi connectivity index (χ2n) is 17.6. The molecule has 0 saturated carbocycles. The van der Waals surface area contributed by atoms with Gasteiger partial charge in [-0.3, -0.25) is 0 Å². The third-order valence-corrected chi connectivity index (χ3v) is 11.9. The van der Waals surface area contributed by atoms with E-state index in [0.29, 0.717) is 52.4 Å². The molecule has 3 aromatic heterocycles. The fourth-order valence-electron chi connectivity index (χ4n) is 9.18. The number of aliphatic hydroxyl groups is 4. The Labute approximate surface area is 374 Å². The van der Waals surface area contributed by atoms with E-state index >= 15 is 0 Å². The minimum absolute atomic E-state index is 0.456. The first-order valence-corrected chi connectivity index (χ1v) is 22.4. The Balaban J connectivity index is 1.31. The number of β-amino-alcohol motifs (C(OH)–C–C–N with tert-alkyl or cyclic N) is 4. The molecule has 8 bridgehead atoms. The van der Waals surface area contributed by atoms with Crippen LogP contribution in [0.1, 0.15) is 72.7 Å². The van der Waals surface area contributed by atoms with Crippen molar-refractivity contribution >= 4 is 68.7 Å². The molecule has 64 heavy (non-hydrogen) atoms. The highest BCUT2D eigenvalue weighted by atomic mass is 16.3. The van der Waals surface area contributed by atoms with Gasteiger partial charge in [-0.25, -0.2) is 9.97 Å². The van der Waals surface area contributed by atoms with E-state index < -0.39 is 24.4 Å². The average Bonchev–Trinajstić information content (AvgIpc) is 4.11. The van der Waals surface area contributed by atoms with Crippen molar-refractivity contribution in [1.82, 2.24) is 39.5 Å². The van der Waals surface area contributed by atoms with Gasteiger partial charge >= 0.3 is 0 Å². The molecular formula is C52H58N8O4. The largest absolute Gasteiger partial charge is 0.392 e. The first-order valence-electron chi connectivity index (χ1n) is 22.4. The normalized spacial score (nSPS) is 18.9. The summed E-state index contributed by atoms with van der Waals surface area (Å²) < 4.78 is 0. The van der Waals surface area contributed by atoms with E-state index in [1.165, 1.54) is 0 Å². The SMILES string of the molecule is CC(O)CN1C=CC(c2c3nc(c(C4=CCN(CC(C)O)C=C4)c4ccc([nH]4)c(C4=CCN(CC(C)O)C=C4)c4nc(c(C5=CCN(CC(C)O)C=C5)c5ccc2[nH]5)C=C4)C=C3)=CC1. The molecule has 12 nitrogen and oxygen atoms in total. The van der Waals surface area contributed by atoms with Crippen molar-refractivity contribution in [3.05, 3.63) is 143 Å². The van der Waals surface area contributed by atoms with Crippen molar-refractivity contribution in [2.45, 2.75) is 52.1 Å². The lowest BCUT2D eigenvalue weighted by Crippen LogP contribution is -2.28. The smallest absolute Gasteiger partial charge is 0.0737 e. The second-order valence-corrected chi connectivity index (χ2v) is 17.6. The minimum atomic E-state index is -0.456. The van der Waals surface area contributed by atoms with Crippen molar-refractivity contribution in [2.75, 3.05) is 52.4 Å². The topological polar surface area (TPSA) is 151 Å². The maximum Gasteiger partial charge on any atom is 0.0737 e. The molecule has 0 spiro atoms. The Bertz CT molecular complexity index is 2420. The average molecular weight is 859 g/mol. The molecular weight excluding hydrogens is 801 g/mol. The summed E-state index contributed by atoms with van der Waals surface area (Å²) in [5, 5.41) is 40.7. The van der Waals surface area contributed by atoms with Gasteiger partial charge in [0.25, 0.3) is 0 Å². The second kappa shape index (κ2) is 18.3. The van der Waals surface area contributed by atoms with E-state index in [-0.39, 0.29) is 0 Å². The third-order valence-electron chi connectivity index (χ3n) is 11.9. The summed E-state index contributed by atoms with van der Waals surface area (Å²) in [6.45, 7) is 11.9. The highest BCUT2D eigenvalue weighted by Gasteiger charge is 2.23. The van der Waals surface area contributed by atoms with Gasteiger partial charge in [-0.2, -0.15) is 0 Å². The lowest BCUT2D eigenvalue weighted by Gasteiger charge is -2.24. The van der Waals surface area contributed by atoms with Crippen LogP contribution in [0.15, 0.2) is 97.7 Å². The molecule has 6 N–H and O–H groups in total. The summed E-state index contributed by atoms with van der Waals surface area (Å²) in [4.78, 5) is 27.0. The van der Waals surface area contributed by atoms with Crippen LogP contribution in [-0.2, 0) is 0 Å². The Morgan fingerprint density at radius 2 is 0.641 bits per heavy atom. The number of nitrogens with zero attached hydrogens (tertiary/aromatic N) is 6. The van der Waals surface area contributed by atoms with Crippen molar-refractivity contribution < 1.29 is 20.4 Å². The number of nitrogens with one attached hydrogen (secondary N) is 2. The van der Waals surface area contributed by atoms with Crippen LogP contribution in [0.3, 0.4) is 0 Å². The molecule has 0 amide bonds. The predicted molar refractivity (Wildman–Crippen MR) is 260 cm³/mol. The minimum Gasteiger partial charge on any atom is -0.392 e.